The molecule has 168 valence electrons. The Morgan fingerprint density at radius 2 is 1.91 bits per heavy atom. The number of Topliss-reactive ketones (excluding diaryl/α,β-unsaturated/α-hetero) is 1. The number of carboxylic acids is 1. The van der Waals surface area contributed by atoms with Gasteiger partial charge in [-0.15, -0.1) is 0 Å². The van der Waals surface area contributed by atoms with Crippen LogP contribution in [0.4, 0.5) is 11.4 Å². The standard InChI is InChI=1S/C26H25N3O4/c1-16(20-8-4-6-17-5-2-3-7-21(17)20)27-18-11-12-28(14-18)19-9-10-22-23(13-19)29(15-24(30)31)26(33)25(22)32/h2-10,13,16,18,27H,11-12,14-15H2,1H3,(H,30,31)/t16-,18+/m1/s1. The molecule has 33 heavy (non-hydrogen) atoms. The van der Waals surface area contributed by atoms with Gasteiger partial charge < -0.3 is 15.3 Å². The zero-order valence-electron chi connectivity index (χ0n) is 18.3. The summed E-state index contributed by atoms with van der Waals surface area (Å²) < 4.78 is 0. The van der Waals surface area contributed by atoms with E-state index in [-0.39, 0.29) is 17.6 Å². The van der Waals surface area contributed by atoms with Gasteiger partial charge in [0.25, 0.3) is 11.7 Å². The number of ketones is 1. The van der Waals surface area contributed by atoms with Crippen molar-refractivity contribution in [3.63, 3.8) is 0 Å². The summed E-state index contributed by atoms with van der Waals surface area (Å²) in [6.07, 6.45) is 0.961. The third-order valence-corrected chi connectivity index (χ3v) is 6.58. The van der Waals surface area contributed by atoms with Gasteiger partial charge in [0.1, 0.15) is 6.54 Å². The second-order valence-electron chi connectivity index (χ2n) is 8.70. The molecule has 0 unspecified atom stereocenters. The first-order valence-electron chi connectivity index (χ1n) is 11.1. The third kappa shape index (κ3) is 3.85. The van der Waals surface area contributed by atoms with E-state index in [2.05, 4.69) is 53.5 Å². The van der Waals surface area contributed by atoms with Crippen molar-refractivity contribution in [1.29, 1.82) is 0 Å². The minimum Gasteiger partial charge on any atom is -0.480 e. The van der Waals surface area contributed by atoms with Crippen LogP contribution in [0.25, 0.3) is 10.8 Å². The monoisotopic (exact) mass is 443 g/mol. The molecule has 2 atom stereocenters. The van der Waals surface area contributed by atoms with Crippen LogP contribution >= 0.6 is 0 Å². The van der Waals surface area contributed by atoms with E-state index in [0.29, 0.717) is 5.69 Å². The van der Waals surface area contributed by atoms with E-state index < -0.39 is 24.2 Å². The first-order valence-corrected chi connectivity index (χ1v) is 11.1. The summed E-state index contributed by atoms with van der Waals surface area (Å²) in [5.74, 6) is -2.58. The molecule has 2 aliphatic rings. The molecule has 0 spiro atoms. The number of aliphatic carboxylic acids is 1. The van der Waals surface area contributed by atoms with Crippen LogP contribution < -0.4 is 15.1 Å². The highest BCUT2D eigenvalue weighted by Crippen LogP contribution is 2.34. The molecule has 7 nitrogen and oxygen atoms in total. The summed E-state index contributed by atoms with van der Waals surface area (Å²) in [6, 6.07) is 20.5. The van der Waals surface area contributed by atoms with Crippen molar-refractivity contribution in [2.75, 3.05) is 29.4 Å². The number of nitrogens with one attached hydrogen (secondary N) is 1. The minimum absolute atomic E-state index is 0.183. The Bertz CT molecular complexity index is 1270. The summed E-state index contributed by atoms with van der Waals surface area (Å²) in [6.45, 7) is 3.28. The molecule has 0 bridgehead atoms. The van der Waals surface area contributed by atoms with Crippen molar-refractivity contribution in [3.8, 4) is 0 Å². The van der Waals surface area contributed by atoms with Gasteiger partial charge in [-0.2, -0.15) is 0 Å². The fourth-order valence-corrected chi connectivity index (χ4v) is 4.97. The second-order valence-corrected chi connectivity index (χ2v) is 8.70. The highest BCUT2D eigenvalue weighted by molar-refractivity contribution is 6.52. The van der Waals surface area contributed by atoms with Gasteiger partial charge in [-0.3, -0.25) is 19.3 Å². The number of carboxylic acid groups (broad SMARTS) is 1. The molecule has 1 amide bonds. The van der Waals surface area contributed by atoms with E-state index in [4.69, 9.17) is 5.11 Å². The van der Waals surface area contributed by atoms with Gasteiger partial charge in [-0.1, -0.05) is 42.5 Å². The predicted octanol–water partition coefficient (Wildman–Crippen LogP) is 3.38. The number of carbonyl (C=O) groups excluding carboxylic acids is 2. The summed E-state index contributed by atoms with van der Waals surface area (Å²) in [5.41, 5.74) is 2.80. The summed E-state index contributed by atoms with van der Waals surface area (Å²) >= 11 is 0. The maximum atomic E-state index is 12.2. The zero-order valence-corrected chi connectivity index (χ0v) is 18.3. The Morgan fingerprint density at radius 1 is 1.12 bits per heavy atom. The average Bonchev–Trinajstić information content (AvgIpc) is 3.37. The number of fused-ring (bicyclic) bond motifs is 2. The smallest absolute Gasteiger partial charge is 0.323 e. The van der Waals surface area contributed by atoms with Crippen LogP contribution in [0.3, 0.4) is 0 Å². The molecule has 2 N–H and O–H groups in total. The van der Waals surface area contributed by atoms with Gasteiger partial charge in [0, 0.05) is 30.9 Å². The molecule has 5 rings (SSSR count). The Labute approximate surface area is 191 Å². The van der Waals surface area contributed by atoms with Gasteiger partial charge in [0.2, 0.25) is 0 Å². The van der Waals surface area contributed by atoms with E-state index in [9.17, 15) is 14.4 Å². The largest absolute Gasteiger partial charge is 0.480 e. The summed E-state index contributed by atoms with van der Waals surface area (Å²) in [7, 11) is 0. The fourth-order valence-electron chi connectivity index (χ4n) is 4.97. The maximum absolute atomic E-state index is 12.2. The van der Waals surface area contributed by atoms with Crippen LogP contribution in [0.15, 0.2) is 60.7 Å². The molecule has 0 aliphatic carbocycles. The molecule has 2 aliphatic heterocycles. The van der Waals surface area contributed by atoms with E-state index >= 15 is 0 Å². The number of anilines is 2. The Balaban J connectivity index is 1.32. The van der Waals surface area contributed by atoms with Gasteiger partial charge in [0.15, 0.2) is 0 Å². The number of carbonyl (C=O) groups is 3. The van der Waals surface area contributed by atoms with E-state index in [1.165, 1.54) is 16.3 Å². The lowest BCUT2D eigenvalue weighted by Gasteiger charge is -2.23. The molecule has 0 radical (unpaired) electrons. The van der Waals surface area contributed by atoms with E-state index in [1.807, 2.05) is 12.1 Å². The third-order valence-electron chi connectivity index (χ3n) is 6.58. The van der Waals surface area contributed by atoms with Crippen molar-refractivity contribution < 1.29 is 19.5 Å². The van der Waals surface area contributed by atoms with Crippen LogP contribution in [0.5, 0.6) is 0 Å². The van der Waals surface area contributed by atoms with Crippen LogP contribution in [-0.4, -0.2) is 48.4 Å². The van der Waals surface area contributed by atoms with Crippen molar-refractivity contribution in [2.24, 2.45) is 0 Å². The second kappa shape index (κ2) is 8.33. The quantitative estimate of drug-likeness (QED) is 0.568. The van der Waals surface area contributed by atoms with Crippen molar-refractivity contribution >= 4 is 39.8 Å². The molecule has 3 aromatic carbocycles. The number of amides is 1. The molecule has 1 saturated heterocycles. The molecular formula is C26H25N3O4. The highest BCUT2D eigenvalue weighted by Gasteiger charge is 2.37. The van der Waals surface area contributed by atoms with Crippen molar-refractivity contribution in [2.45, 2.75) is 25.4 Å². The fraction of sp³-hybridized carbons (Fsp3) is 0.269. The van der Waals surface area contributed by atoms with Crippen molar-refractivity contribution in [1.82, 2.24) is 5.32 Å². The van der Waals surface area contributed by atoms with E-state index in [0.717, 1.165) is 30.1 Å². The molecule has 1 fully saturated rings. The molecule has 0 saturated carbocycles. The summed E-state index contributed by atoms with van der Waals surface area (Å²) in [5, 5.41) is 15.4. The number of hydrogen-bond donors (Lipinski definition) is 2. The lowest BCUT2D eigenvalue weighted by molar-refractivity contribution is -0.136. The highest BCUT2D eigenvalue weighted by atomic mass is 16.4. The van der Waals surface area contributed by atoms with Crippen molar-refractivity contribution in [3.05, 3.63) is 71.8 Å². The van der Waals surface area contributed by atoms with Gasteiger partial charge >= 0.3 is 5.97 Å². The number of hydrogen-bond acceptors (Lipinski definition) is 5. The Morgan fingerprint density at radius 3 is 2.73 bits per heavy atom. The van der Waals surface area contributed by atoms with Gasteiger partial charge in [0.05, 0.1) is 11.3 Å². The predicted molar refractivity (Wildman–Crippen MR) is 127 cm³/mol. The molecule has 3 aromatic rings. The first kappa shape index (κ1) is 21.2. The van der Waals surface area contributed by atoms with Gasteiger partial charge in [-0.05, 0) is 47.9 Å². The Hall–Kier alpha value is -3.71. The number of nitrogens with zero attached hydrogens (tertiary/aromatic N) is 2. The van der Waals surface area contributed by atoms with Gasteiger partial charge in [-0.25, -0.2) is 0 Å². The van der Waals surface area contributed by atoms with Crippen LogP contribution in [-0.2, 0) is 9.59 Å². The first-order chi connectivity index (χ1) is 15.9. The molecule has 2 heterocycles. The van der Waals surface area contributed by atoms with Crippen LogP contribution in [0.2, 0.25) is 0 Å². The minimum atomic E-state index is -1.15. The topological polar surface area (TPSA) is 89.9 Å². The number of benzene rings is 3. The number of rotatable bonds is 6. The van der Waals surface area contributed by atoms with E-state index in [1.54, 1.807) is 12.1 Å². The average molecular weight is 444 g/mol. The lowest BCUT2D eigenvalue weighted by atomic mass is 9.99. The Kier molecular flexibility index (Phi) is 5.34. The molecular weight excluding hydrogens is 418 g/mol. The SMILES string of the molecule is C[C@@H](N[C@H]1CCN(c2ccc3c(c2)N(CC(=O)O)C(=O)C3=O)C1)c1cccc2ccccc12. The van der Waals surface area contributed by atoms with Crippen LogP contribution in [0, 0.1) is 0 Å². The maximum Gasteiger partial charge on any atom is 0.323 e. The van der Waals surface area contributed by atoms with Crippen LogP contribution in [0.1, 0.15) is 35.3 Å². The molecule has 7 heteroatoms. The normalized spacial score (nSPS) is 18.8. The zero-order chi connectivity index (χ0) is 23.1. The summed E-state index contributed by atoms with van der Waals surface area (Å²) in [4.78, 5) is 38.9. The lowest BCUT2D eigenvalue weighted by Crippen LogP contribution is -2.35. The molecule has 0 aromatic heterocycles.